The second-order valence-corrected chi connectivity index (χ2v) is 8.10. The van der Waals surface area contributed by atoms with E-state index in [2.05, 4.69) is 35.3 Å². The maximum Gasteiger partial charge on any atom is 0.225 e. The van der Waals surface area contributed by atoms with E-state index in [9.17, 15) is 4.79 Å². The summed E-state index contributed by atoms with van der Waals surface area (Å²) in [4.78, 5) is 25.6. The van der Waals surface area contributed by atoms with Crippen molar-refractivity contribution >= 4 is 24.1 Å². The first-order valence-electron chi connectivity index (χ1n) is 10.9. The van der Waals surface area contributed by atoms with Gasteiger partial charge in [0, 0.05) is 70.2 Å². The second kappa shape index (κ2) is 11.0. The predicted molar refractivity (Wildman–Crippen MR) is 128 cm³/mol. The lowest BCUT2D eigenvalue weighted by Crippen LogP contribution is -2.49. The van der Waals surface area contributed by atoms with E-state index >= 15 is 0 Å². The Kier molecular flexibility index (Phi) is 7.63. The van der Waals surface area contributed by atoms with Crippen molar-refractivity contribution in [2.24, 2.45) is 0 Å². The van der Waals surface area contributed by atoms with Crippen molar-refractivity contribution in [3.05, 3.63) is 47.5 Å². The molecule has 174 valence electrons. The van der Waals surface area contributed by atoms with Crippen LogP contribution in [0.15, 0.2) is 42.7 Å². The van der Waals surface area contributed by atoms with Gasteiger partial charge in [-0.1, -0.05) is 0 Å². The van der Waals surface area contributed by atoms with Gasteiger partial charge in [0.15, 0.2) is 10.6 Å². The number of aromatic amines is 1. The molecular formula is C22H28N8O2S. The number of carbonyl (C=O) groups is 1. The van der Waals surface area contributed by atoms with Gasteiger partial charge in [-0.3, -0.25) is 19.4 Å². The van der Waals surface area contributed by atoms with Gasteiger partial charge < -0.3 is 15.0 Å². The zero-order valence-electron chi connectivity index (χ0n) is 18.6. The van der Waals surface area contributed by atoms with Crippen molar-refractivity contribution in [2.75, 3.05) is 51.3 Å². The number of carbonyl (C=O) groups excluding carboxylic acids is 1. The molecule has 4 rings (SSSR count). The van der Waals surface area contributed by atoms with Gasteiger partial charge in [-0.15, -0.1) is 0 Å². The number of hydrogen-bond donors (Lipinski definition) is 2. The maximum absolute atomic E-state index is 12.4. The Hall–Kier alpha value is -3.31. The van der Waals surface area contributed by atoms with Gasteiger partial charge in [-0.05, 0) is 42.5 Å². The number of ether oxygens (including phenoxy) is 1. The number of piperazine rings is 1. The van der Waals surface area contributed by atoms with Crippen molar-refractivity contribution in [1.82, 2.24) is 34.9 Å². The van der Waals surface area contributed by atoms with E-state index in [-0.39, 0.29) is 5.91 Å². The Bertz CT molecular complexity index is 1090. The molecule has 1 aromatic carbocycles. The third-order valence-corrected chi connectivity index (χ3v) is 5.94. The highest BCUT2D eigenvalue weighted by Crippen LogP contribution is 2.21. The molecule has 11 heteroatoms. The van der Waals surface area contributed by atoms with E-state index in [0.29, 0.717) is 30.1 Å². The van der Waals surface area contributed by atoms with Gasteiger partial charge in [0.2, 0.25) is 11.9 Å². The lowest BCUT2D eigenvalue weighted by molar-refractivity contribution is -0.121. The van der Waals surface area contributed by atoms with Crippen molar-refractivity contribution in [2.45, 2.75) is 13.0 Å². The summed E-state index contributed by atoms with van der Waals surface area (Å²) in [5.41, 5.74) is 0.906. The summed E-state index contributed by atoms with van der Waals surface area (Å²) in [5.74, 6) is 2.25. The molecule has 0 atom stereocenters. The lowest BCUT2D eigenvalue weighted by Gasteiger charge is -2.34. The first-order chi connectivity index (χ1) is 16.1. The van der Waals surface area contributed by atoms with Crippen LogP contribution in [0.4, 0.5) is 5.95 Å². The Labute approximate surface area is 197 Å². The van der Waals surface area contributed by atoms with E-state index in [0.717, 1.165) is 50.0 Å². The quantitative estimate of drug-likeness (QED) is 0.458. The molecule has 0 spiro atoms. The first kappa shape index (κ1) is 22.9. The highest BCUT2D eigenvalue weighted by atomic mass is 32.1. The van der Waals surface area contributed by atoms with E-state index in [4.69, 9.17) is 17.0 Å². The highest BCUT2D eigenvalue weighted by Gasteiger charge is 2.18. The molecule has 33 heavy (non-hydrogen) atoms. The minimum atomic E-state index is -0.00453. The number of amides is 1. The molecule has 1 fully saturated rings. The SMILES string of the molecule is COc1ccc(-c2n[nH]c(=S)n2CCC(=O)NCCN2CCN(c3ncccn3)CC2)cc1. The van der Waals surface area contributed by atoms with Gasteiger partial charge in [0.1, 0.15) is 5.75 Å². The second-order valence-electron chi connectivity index (χ2n) is 7.71. The van der Waals surface area contributed by atoms with Gasteiger partial charge in [-0.2, -0.15) is 5.10 Å². The molecule has 0 bridgehead atoms. The van der Waals surface area contributed by atoms with E-state index in [1.54, 1.807) is 19.5 Å². The van der Waals surface area contributed by atoms with Crippen molar-refractivity contribution < 1.29 is 9.53 Å². The topological polar surface area (TPSA) is 104 Å². The summed E-state index contributed by atoms with van der Waals surface area (Å²) < 4.78 is 7.55. The standard InChI is InChI=1S/C22H28N8O2S/c1-32-18-5-3-17(4-6-18)20-26-27-22(33)30(20)11-7-19(31)23-10-12-28-13-15-29(16-14-28)21-24-8-2-9-25-21/h2-6,8-9H,7,10-16H2,1H3,(H,23,31)(H,27,33). The van der Waals surface area contributed by atoms with Crippen molar-refractivity contribution in [3.63, 3.8) is 0 Å². The normalized spacial score (nSPS) is 14.3. The largest absolute Gasteiger partial charge is 0.497 e. The zero-order chi connectivity index (χ0) is 23.0. The van der Waals surface area contributed by atoms with Gasteiger partial charge >= 0.3 is 0 Å². The number of methoxy groups -OCH3 is 1. The molecule has 0 unspecified atom stereocenters. The van der Waals surface area contributed by atoms with Crippen LogP contribution in [-0.2, 0) is 11.3 Å². The fourth-order valence-corrected chi connectivity index (χ4v) is 3.99. The number of aromatic nitrogens is 5. The summed E-state index contributed by atoms with van der Waals surface area (Å²) in [6.45, 7) is 5.49. The Morgan fingerprint density at radius 1 is 1.12 bits per heavy atom. The Morgan fingerprint density at radius 3 is 2.55 bits per heavy atom. The average molecular weight is 469 g/mol. The van der Waals surface area contributed by atoms with Crippen LogP contribution < -0.4 is 15.0 Å². The fraction of sp³-hybridized carbons (Fsp3) is 0.409. The molecule has 0 aliphatic carbocycles. The smallest absolute Gasteiger partial charge is 0.225 e. The van der Waals surface area contributed by atoms with Gasteiger partial charge in [-0.25, -0.2) is 9.97 Å². The highest BCUT2D eigenvalue weighted by molar-refractivity contribution is 7.71. The zero-order valence-corrected chi connectivity index (χ0v) is 19.4. The molecule has 2 aromatic heterocycles. The summed E-state index contributed by atoms with van der Waals surface area (Å²) in [7, 11) is 1.63. The van der Waals surface area contributed by atoms with Crippen LogP contribution in [0, 0.1) is 4.77 Å². The van der Waals surface area contributed by atoms with Crippen LogP contribution in [0.25, 0.3) is 11.4 Å². The van der Waals surface area contributed by atoms with Gasteiger partial charge in [0.05, 0.1) is 7.11 Å². The van der Waals surface area contributed by atoms with Crippen molar-refractivity contribution in [3.8, 4) is 17.1 Å². The summed E-state index contributed by atoms with van der Waals surface area (Å²) >= 11 is 5.36. The fourth-order valence-electron chi connectivity index (χ4n) is 3.77. The summed E-state index contributed by atoms with van der Waals surface area (Å²) in [6.07, 6.45) is 3.86. The van der Waals surface area contributed by atoms with Crippen LogP contribution in [0.1, 0.15) is 6.42 Å². The predicted octanol–water partition coefficient (Wildman–Crippen LogP) is 1.73. The molecular weight excluding hydrogens is 440 g/mol. The minimum Gasteiger partial charge on any atom is -0.497 e. The van der Waals surface area contributed by atoms with E-state index < -0.39 is 0 Å². The molecule has 1 saturated heterocycles. The first-order valence-corrected chi connectivity index (χ1v) is 11.4. The number of rotatable bonds is 9. The average Bonchev–Trinajstić information content (AvgIpc) is 3.24. The summed E-state index contributed by atoms with van der Waals surface area (Å²) in [5, 5.41) is 10.2. The molecule has 0 saturated carbocycles. The number of nitrogens with zero attached hydrogens (tertiary/aromatic N) is 6. The molecule has 3 aromatic rings. The van der Waals surface area contributed by atoms with Crippen molar-refractivity contribution in [1.29, 1.82) is 0 Å². The van der Waals surface area contributed by atoms with Crippen LogP contribution in [0.3, 0.4) is 0 Å². The lowest BCUT2D eigenvalue weighted by atomic mass is 10.2. The van der Waals surface area contributed by atoms with Crippen LogP contribution in [0.2, 0.25) is 0 Å². The van der Waals surface area contributed by atoms with Gasteiger partial charge in [0.25, 0.3) is 0 Å². The Balaban J connectivity index is 1.21. The number of anilines is 1. The molecule has 1 aliphatic rings. The number of hydrogen-bond acceptors (Lipinski definition) is 8. The number of nitrogens with one attached hydrogen (secondary N) is 2. The van der Waals surface area contributed by atoms with Crippen LogP contribution in [0.5, 0.6) is 5.75 Å². The molecule has 10 nitrogen and oxygen atoms in total. The molecule has 1 aliphatic heterocycles. The molecule has 2 N–H and O–H groups in total. The third-order valence-electron chi connectivity index (χ3n) is 5.63. The van der Waals surface area contributed by atoms with E-state index in [1.165, 1.54) is 0 Å². The molecule has 3 heterocycles. The molecule has 0 radical (unpaired) electrons. The van der Waals surface area contributed by atoms with Crippen LogP contribution in [-0.4, -0.2) is 81.9 Å². The Morgan fingerprint density at radius 2 is 1.85 bits per heavy atom. The minimum absolute atomic E-state index is 0.00453. The maximum atomic E-state index is 12.4. The molecule has 1 amide bonds. The number of benzene rings is 1. The van der Waals surface area contributed by atoms with E-state index in [1.807, 2.05) is 34.9 Å². The third kappa shape index (κ3) is 5.93. The summed E-state index contributed by atoms with van der Waals surface area (Å²) in [6, 6.07) is 9.41. The monoisotopic (exact) mass is 468 g/mol. The van der Waals surface area contributed by atoms with Crippen LogP contribution >= 0.6 is 12.2 Å². The number of H-pyrrole nitrogens is 1.